The number of rotatable bonds is 5. The molecule has 0 atom stereocenters. The molecular weight excluding hydrogens is 428 g/mol. The predicted octanol–water partition coefficient (Wildman–Crippen LogP) is 3.31. The Kier molecular flexibility index (Phi) is 7.01. The third-order valence-electron chi connectivity index (χ3n) is 6.54. The van der Waals surface area contributed by atoms with Crippen LogP contribution in [-0.4, -0.2) is 68.1 Å². The van der Waals surface area contributed by atoms with Gasteiger partial charge in [-0.05, 0) is 48.2 Å². The van der Waals surface area contributed by atoms with Crippen LogP contribution in [0.1, 0.15) is 24.0 Å². The molecule has 0 saturated carbocycles. The minimum Gasteiger partial charge on any atom is -0.497 e. The van der Waals surface area contributed by atoms with Gasteiger partial charge in [-0.3, -0.25) is 9.59 Å². The zero-order valence-electron chi connectivity index (χ0n) is 18.4. The lowest BCUT2D eigenvalue weighted by atomic mass is 9.73. The molecule has 32 heavy (non-hydrogen) atoms. The van der Waals surface area contributed by atoms with Crippen LogP contribution in [-0.2, 0) is 26.2 Å². The molecule has 0 bridgehead atoms. The first kappa shape index (κ1) is 22.6. The summed E-state index contributed by atoms with van der Waals surface area (Å²) in [4.78, 5) is 30.3. The van der Waals surface area contributed by atoms with Gasteiger partial charge >= 0.3 is 0 Å². The summed E-state index contributed by atoms with van der Waals surface area (Å²) in [6, 6.07) is 15.2. The van der Waals surface area contributed by atoms with Crippen molar-refractivity contribution in [1.82, 2.24) is 9.80 Å². The quantitative estimate of drug-likeness (QED) is 0.692. The van der Waals surface area contributed by atoms with Gasteiger partial charge in [-0.15, -0.1) is 0 Å². The van der Waals surface area contributed by atoms with Gasteiger partial charge in [0.05, 0.1) is 18.9 Å². The molecule has 2 aliphatic rings. The lowest BCUT2D eigenvalue weighted by Crippen LogP contribution is -2.57. The molecule has 7 heteroatoms. The van der Waals surface area contributed by atoms with E-state index in [1.165, 1.54) is 0 Å². The molecule has 0 aromatic heterocycles. The van der Waals surface area contributed by atoms with E-state index >= 15 is 0 Å². The van der Waals surface area contributed by atoms with Crippen molar-refractivity contribution in [3.8, 4) is 5.75 Å². The maximum Gasteiger partial charge on any atom is 0.233 e. The average molecular weight is 457 g/mol. The standard InChI is InChI=1S/C25H29ClN2O4/c1-31-22-7-2-4-19(16-22)17-23(29)27-10-12-28(13-11-27)24(30)25(8-14-32-15-9-25)20-5-3-6-21(26)18-20/h2-7,16,18H,8-15,17H2,1H3. The maximum atomic E-state index is 13.7. The summed E-state index contributed by atoms with van der Waals surface area (Å²) >= 11 is 6.25. The fraction of sp³-hybridized carbons (Fsp3) is 0.440. The van der Waals surface area contributed by atoms with E-state index in [0.717, 1.165) is 16.9 Å². The van der Waals surface area contributed by atoms with Crippen molar-refractivity contribution in [3.05, 3.63) is 64.7 Å². The number of halogens is 1. The van der Waals surface area contributed by atoms with E-state index in [4.69, 9.17) is 21.1 Å². The van der Waals surface area contributed by atoms with E-state index in [1.807, 2.05) is 58.3 Å². The fourth-order valence-corrected chi connectivity index (χ4v) is 4.85. The van der Waals surface area contributed by atoms with Crippen molar-refractivity contribution in [1.29, 1.82) is 0 Å². The van der Waals surface area contributed by atoms with E-state index < -0.39 is 5.41 Å². The highest BCUT2D eigenvalue weighted by Crippen LogP contribution is 2.38. The molecular formula is C25H29ClN2O4. The van der Waals surface area contributed by atoms with Gasteiger partial charge in [0.1, 0.15) is 5.75 Å². The normalized spacial score (nSPS) is 18.3. The van der Waals surface area contributed by atoms with Crippen molar-refractivity contribution in [2.45, 2.75) is 24.7 Å². The van der Waals surface area contributed by atoms with Crippen molar-refractivity contribution in [2.24, 2.45) is 0 Å². The van der Waals surface area contributed by atoms with Gasteiger partial charge in [-0.2, -0.15) is 0 Å². The molecule has 6 nitrogen and oxygen atoms in total. The van der Waals surface area contributed by atoms with E-state index in [1.54, 1.807) is 7.11 Å². The van der Waals surface area contributed by atoms with Crippen LogP contribution in [0.5, 0.6) is 5.75 Å². The van der Waals surface area contributed by atoms with Crippen LogP contribution in [0.3, 0.4) is 0 Å². The third-order valence-corrected chi connectivity index (χ3v) is 6.78. The first-order chi connectivity index (χ1) is 15.5. The average Bonchev–Trinajstić information content (AvgIpc) is 2.84. The number of nitrogens with zero attached hydrogens (tertiary/aromatic N) is 2. The number of hydrogen-bond donors (Lipinski definition) is 0. The maximum absolute atomic E-state index is 13.7. The Morgan fingerprint density at radius 2 is 1.69 bits per heavy atom. The van der Waals surface area contributed by atoms with Crippen LogP contribution in [0.15, 0.2) is 48.5 Å². The molecule has 0 unspecified atom stereocenters. The van der Waals surface area contributed by atoms with E-state index in [2.05, 4.69) is 0 Å². The number of hydrogen-bond acceptors (Lipinski definition) is 4. The molecule has 170 valence electrons. The first-order valence-electron chi connectivity index (χ1n) is 11.1. The van der Waals surface area contributed by atoms with Gasteiger partial charge in [-0.1, -0.05) is 35.9 Å². The fourth-order valence-electron chi connectivity index (χ4n) is 4.66. The summed E-state index contributed by atoms with van der Waals surface area (Å²) in [7, 11) is 1.62. The first-order valence-corrected chi connectivity index (χ1v) is 11.4. The van der Waals surface area contributed by atoms with Gasteiger partial charge in [0.25, 0.3) is 0 Å². The highest BCUT2D eigenvalue weighted by atomic mass is 35.5. The van der Waals surface area contributed by atoms with Crippen LogP contribution in [0.25, 0.3) is 0 Å². The second-order valence-corrected chi connectivity index (χ2v) is 8.84. The van der Waals surface area contributed by atoms with Crippen LogP contribution in [0.4, 0.5) is 0 Å². The molecule has 0 aliphatic carbocycles. The molecule has 2 aliphatic heterocycles. The smallest absolute Gasteiger partial charge is 0.233 e. The molecule has 2 saturated heterocycles. The topological polar surface area (TPSA) is 59.1 Å². The second kappa shape index (κ2) is 9.92. The molecule has 2 aromatic carbocycles. The molecule has 0 radical (unpaired) electrons. The van der Waals surface area contributed by atoms with Crippen molar-refractivity contribution in [2.75, 3.05) is 46.5 Å². The summed E-state index contributed by atoms with van der Waals surface area (Å²) in [5, 5.41) is 0.633. The zero-order chi connectivity index (χ0) is 22.6. The number of benzene rings is 2. The predicted molar refractivity (Wildman–Crippen MR) is 123 cm³/mol. The van der Waals surface area contributed by atoms with Crippen LogP contribution < -0.4 is 4.74 Å². The Bertz CT molecular complexity index is 966. The number of piperazine rings is 1. The lowest BCUT2D eigenvalue weighted by molar-refractivity contribution is -0.146. The minimum atomic E-state index is -0.615. The van der Waals surface area contributed by atoms with Crippen LogP contribution >= 0.6 is 11.6 Å². The number of carbonyl (C=O) groups is 2. The Hall–Kier alpha value is -2.57. The Morgan fingerprint density at radius 3 is 2.38 bits per heavy atom. The van der Waals surface area contributed by atoms with Crippen molar-refractivity contribution >= 4 is 23.4 Å². The van der Waals surface area contributed by atoms with Gasteiger partial charge < -0.3 is 19.3 Å². The Balaban J connectivity index is 1.42. The minimum absolute atomic E-state index is 0.0703. The highest BCUT2D eigenvalue weighted by Gasteiger charge is 2.44. The molecule has 4 rings (SSSR count). The molecule has 2 aromatic rings. The molecule has 2 amide bonds. The summed E-state index contributed by atoms with van der Waals surface area (Å²) in [6.45, 7) is 3.25. The van der Waals surface area contributed by atoms with Gasteiger partial charge in [0, 0.05) is 44.4 Å². The Morgan fingerprint density at radius 1 is 1.00 bits per heavy atom. The van der Waals surface area contributed by atoms with Crippen molar-refractivity contribution in [3.63, 3.8) is 0 Å². The van der Waals surface area contributed by atoms with Crippen LogP contribution in [0.2, 0.25) is 5.02 Å². The highest BCUT2D eigenvalue weighted by molar-refractivity contribution is 6.30. The van der Waals surface area contributed by atoms with E-state index in [-0.39, 0.29) is 11.8 Å². The number of carbonyl (C=O) groups excluding carboxylic acids is 2. The molecule has 0 N–H and O–H groups in total. The molecule has 2 heterocycles. The Labute approximate surface area is 194 Å². The number of amides is 2. The number of ether oxygens (including phenoxy) is 2. The third kappa shape index (κ3) is 4.76. The monoisotopic (exact) mass is 456 g/mol. The van der Waals surface area contributed by atoms with Crippen LogP contribution in [0, 0.1) is 0 Å². The number of methoxy groups -OCH3 is 1. The largest absolute Gasteiger partial charge is 0.497 e. The SMILES string of the molecule is COc1cccc(CC(=O)N2CCN(C(=O)C3(c4cccc(Cl)c4)CCOCC3)CC2)c1. The zero-order valence-corrected chi connectivity index (χ0v) is 19.1. The summed E-state index contributed by atoms with van der Waals surface area (Å²) in [5.41, 5.74) is 1.26. The molecule has 0 spiro atoms. The van der Waals surface area contributed by atoms with E-state index in [9.17, 15) is 9.59 Å². The lowest BCUT2D eigenvalue weighted by Gasteiger charge is -2.43. The summed E-state index contributed by atoms with van der Waals surface area (Å²) in [6.07, 6.45) is 1.61. The summed E-state index contributed by atoms with van der Waals surface area (Å²) in [5.74, 6) is 0.928. The summed E-state index contributed by atoms with van der Waals surface area (Å²) < 4.78 is 10.8. The van der Waals surface area contributed by atoms with E-state index in [0.29, 0.717) is 63.7 Å². The van der Waals surface area contributed by atoms with Crippen molar-refractivity contribution < 1.29 is 19.1 Å². The van der Waals surface area contributed by atoms with Gasteiger partial charge in [0.2, 0.25) is 11.8 Å². The van der Waals surface area contributed by atoms with Gasteiger partial charge in [0.15, 0.2) is 0 Å². The van der Waals surface area contributed by atoms with Gasteiger partial charge in [-0.25, -0.2) is 0 Å². The molecule has 2 fully saturated rings. The second-order valence-electron chi connectivity index (χ2n) is 8.41.